The van der Waals surface area contributed by atoms with Crippen molar-refractivity contribution in [1.29, 1.82) is 0 Å². The van der Waals surface area contributed by atoms with Gasteiger partial charge in [-0.3, -0.25) is 9.69 Å². The number of carbonyl (C=O) groups is 1. The SMILES string of the molecule is COc1ccccc1NC(=O)C1CCN(C2CCCc3ccccc32)CC1. The molecule has 27 heavy (non-hydrogen) atoms. The molecular formula is C23H28N2O2. The fourth-order valence-corrected chi connectivity index (χ4v) is 4.56. The lowest BCUT2D eigenvalue weighted by Crippen LogP contribution is -2.41. The van der Waals surface area contributed by atoms with Gasteiger partial charge in [0.25, 0.3) is 0 Å². The van der Waals surface area contributed by atoms with E-state index in [4.69, 9.17) is 4.74 Å². The Hall–Kier alpha value is -2.33. The number of benzene rings is 2. The summed E-state index contributed by atoms with van der Waals surface area (Å²) in [4.78, 5) is 15.3. The highest BCUT2D eigenvalue weighted by Crippen LogP contribution is 2.36. The number of para-hydroxylation sites is 2. The molecule has 4 nitrogen and oxygen atoms in total. The van der Waals surface area contributed by atoms with Crippen molar-refractivity contribution in [3.05, 3.63) is 59.7 Å². The average Bonchev–Trinajstić information content (AvgIpc) is 2.74. The largest absolute Gasteiger partial charge is 0.495 e. The molecule has 0 radical (unpaired) electrons. The number of ether oxygens (including phenoxy) is 1. The minimum absolute atomic E-state index is 0.0741. The average molecular weight is 364 g/mol. The topological polar surface area (TPSA) is 41.6 Å². The number of fused-ring (bicyclic) bond motifs is 1. The van der Waals surface area contributed by atoms with Gasteiger partial charge in [-0.25, -0.2) is 0 Å². The fraction of sp³-hybridized carbons (Fsp3) is 0.435. The summed E-state index contributed by atoms with van der Waals surface area (Å²) in [6.45, 7) is 1.98. The third-order valence-corrected chi connectivity index (χ3v) is 6.04. The zero-order chi connectivity index (χ0) is 18.6. The molecule has 1 unspecified atom stereocenters. The molecule has 0 bridgehead atoms. The first kappa shape index (κ1) is 18.1. The fourth-order valence-electron chi connectivity index (χ4n) is 4.56. The third-order valence-electron chi connectivity index (χ3n) is 6.04. The Labute approximate surface area is 161 Å². The molecule has 1 fully saturated rings. The van der Waals surface area contributed by atoms with Crippen LogP contribution in [-0.2, 0) is 11.2 Å². The molecule has 142 valence electrons. The number of piperidine rings is 1. The van der Waals surface area contributed by atoms with Crippen LogP contribution in [0, 0.1) is 5.92 Å². The molecule has 2 aromatic rings. The Balaban J connectivity index is 1.37. The Kier molecular flexibility index (Phi) is 5.44. The number of hydrogen-bond acceptors (Lipinski definition) is 3. The van der Waals surface area contributed by atoms with Gasteiger partial charge in [-0.2, -0.15) is 0 Å². The summed E-state index contributed by atoms with van der Waals surface area (Å²) in [6, 6.07) is 17.0. The summed E-state index contributed by atoms with van der Waals surface area (Å²) in [5, 5.41) is 3.06. The Morgan fingerprint density at radius 1 is 1.04 bits per heavy atom. The van der Waals surface area contributed by atoms with Crippen molar-refractivity contribution in [3.8, 4) is 5.75 Å². The van der Waals surface area contributed by atoms with Gasteiger partial charge in [0.2, 0.25) is 5.91 Å². The van der Waals surface area contributed by atoms with Gasteiger partial charge >= 0.3 is 0 Å². The second-order valence-corrected chi connectivity index (χ2v) is 7.61. The van der Waals surface area contributed by atoms with Crippen molar-refractivity contribution in [3.63, 3.8) is 0 Å². The molecule has 1 N–H and O–H groups in total. The maximum atomic E-state index is 12.7. The summed E-state index contributed by atoms with van der Waals surface area (Å²) in [5.41, 5.74) is 3.76. The molecule has 0 aromatic heterocycles. The van der Waals surface area contributed by atoms with Crippen LogP contribution in [0.5, 0.6) is 5.75 Å². The van der Waals surface area contributed by atoms with E-state index in [1.807, 2.05) is 24.3 Å². The van der Waals surface area contributed by atoms with E-state index >= 15 is 0 Å². The second kappa shape index (κ2) is 8.13. The van der Waals surface area contributed by atoms with E-state index in [0.717, 1.165) is 31.6 Å². The smallest absolute Gasteiger partial charge is 0.227 e. The predicted molar refractivity (Wildman–Crippen MR) is 108 cm³/mol. The molecule has 2 aliphatic rings. The van der Waals surface area contributed by atoms with Crippen molar-refractivity contribution >= 4 is 11.6 Å². The molecule has 1 heterocycles. The lowest BCUT2D eigenvalue weighted by atomic mass is 9.85. The Bertz CT molecular complexity index is 796. The maximum absolute atomic E-state index is 12.7. The maximum Gasteiger partial charge on any atom is 0.227 e. The van der Waals surface area contributed by atoms with Gasteiger partial charge in [-0.05, 0) is 68.5 Å². The lowest BCUT2D eigenvalue weighted by molar-refractivity contribution is -0.121. The second-order valence-electron chi connectivity index (χ2n) is 7.61. The van der Waals surface area contributed by atoms with Crippen molar-refractivity contribution < 1.29 is 9.53 Å². The molecule has 4 rings (SSSR count). The number of anilines is 1. The Morgan fingerprint density at radius 2 is 1.78 bits per heavy atom. The summed E-state index contributed by atoms with van der Waals surface area (Å²) >= 11 is 0. The first-order valence-electron chi connectivity index (χ1n) is 10.0. The number of likely N-dealkylation sites (tertiary alicyclic amines) is 1. The number of amides is 1. The number of carbonyl (C=O) groups excluding carboxylic acids is 1. The van der Waals surface area contributed by atoms with Crippen LogP contribution in [0.15, 0.2) is 48.5 Å². The van der Waals surface area contributed by atoms with E-state index in [1.54, 1.807) is 7.11 Å². The first-order valence-corrected chi connectivity index (χ1v) is 10.0. The van der Waals surface area contributed by atoms with Crippen LogP contribution >= 0.6 is 0 Å². The molecule has 4 heteroatoms. The zero-order valence-electron chi connectivity index (χ0n) is 16.0. The molecule has 2 aromatic carbocycles. The van der Waals surface area contributed by atoms with Gasteiger partial charge in [0.15, 0.2) is 0 Å². The molecule has 0 spiro atoms. The zero-order valence-corrected chi connectivity index (χ0v) is 16.0. The molecule has 1 amide bonds. The summed E-state index contributed by atoms with van der Waals surface area (Å²) < 4.78 is 5.34. The quantitative estimate of drug-likeness (QED) is 0.873. The highest BCUT2D eigenvalue weighted by atomic mass is 16.5. The minimum atomic E-state index is 0.0741. The lowest BCUT2D eigenvalue weighted by Gasteiger charge is -2.40. The van der Waals surface area contributed by atoms with Gasteiger partial charge < -0.3 is 10.1 Å². The molecule has 1 aliphatic carbocycles. The monoisotopic (exact) mass is 364 g/mol. The van der Waals surface area contributed by atoms with Crippen LogP contribution < -0.4 is 10.1 Å². The number of aryl methyl sites for hydroxylation is 1. The molecule has 1 atom stereocenters. The number of methoxy groups -OCH3 is 1. The third kappa shape index (κ3) is 3.86. The molecular weight excluding hydrogens is 336 g/mol. The van der Waals surface area contributed by atoms with Gasteiger partial charge in [0.05, 0.1) is 12.8 Å². The number of nitrogens with zero attached hydrogens (tertiary/aromatic N) is 1. The summed E-state index contributed by atoms with van der Waals surface area (Å²) in [6.07, 6.45) is 5.52. The minimum Gasteiger partial charge on any atom is -0.495 e. The van der Waals surface area contributed by atoms with E-state index in [-0.39, 0.29) is 11.8 Å². The van der Waals surface area contributed by atoms with Crippen LogP contribution in [0.25, 0.3) is 0 Å². The predicted octanol–water partition coefficient (Wildman–Crippen LogP) is 4.42. The van der Waals surface area contributed by atoms with Crippen LogP contribution in [0.4, 0.5) is 5.69 Å². The molecule has 1 aliphatic heterocycles. The van der Waals surface area contributed by atoms with E-state index < -0.39 is 0 Å². The van der Waals surface area contributed by atoms with Gasteiger partial charge in [-0.1, -0.05) is 36.4 Å². The van der Waals surface area contributed by atoms with Gasteiger partial charge in [0, 0.05) is 12.0 Å². The number of rotatable bonds is 4. The van der Waals surface area contributed by atoms with Crippen molar-refractivity contribution in [2.24, 2.45) is 5.92 Å². The van der Waals surface area contributed by atoms with Gasteiger partial charge in [-0.15, -0.1) is 0 Å². The summed E-state index contributed by atoms with van der Waals surface area (Å²) in [7, 11) is 1.63. The van der Waals surface area contributed by atoms with E-state index in [0.29, 0.717) is 11.8 Å². The Morgan fingerprint density at radius 3 is 2.59 bits per heavy atom. The van der Waals surface area contributed by atoms with Crippen LogP contribution in [0.1, 0.15) is 42.9 Å². The van der Waals surface area contributed by atoms with Crippen molar-refractivity contribution in [2.45, 2.75) is 38.1 Å². The number of nitrogens with one attached hydrogen (secondary N) is 1. The number of hydrogen-bond donors (Lipinski definition) is 1. The standard InChI is InChI=1S/C23H28N2O2/c1-27-22-12-5-4-10-20(22)24-23(26)18-13-15-25(16-14-18)21-11-6-8-17-7-2-3-9-19(17)21/h2-5,7,9-10,12,18,21H,6,8,11,13-16H2,1H3,(H,24,26). The summed E-state index contributed by atoms with van der Waals surface area (Å²) in [5.74, 6) is 0.898. The van der Waals surface area contributed by atoms with Crippen molar-refractivity contribution in [2.75, 3.05) is 25.5 Å². The van der Waals surface area contributed by atoms with E-state index in [1.165, 1.54) is 30.4 Å². The molecule has 1 saturated heterocycles. The highest BCUT2D eigenvalue weighted by molar-refractivity contribution is 5.94. The normalized spacial score (nSPS) is 20.7. The van der Waals surface area contributed by atoms with E-state index in [9.17, 15) is 4.79 Å². The van der Waals surface area contributed by atoms with Crippen LogP contribution in [0.2, 0.25) is 0 Å². The first-order chi connectivity index (χ1) is 13.3. The molecule has 0 saturated carbocycles. The van der Waals surface area contributed by atoms with E-state index in [2.05, 4.69) is 34.5 Å². The van der Waals surface area contributed by atoms with Crippen LogP contribution in [-0.4, -0.2) is 31.0 Å². The van der Waals surface area contributed by atoms with Crippen LogP contribution in [0.3, 0.4) is 0 Å². The van der Waals surface area contributed by atoms with Crippen molar-refractivity contribution in [1.82, 2.24) is 4.90 Å². The van der Waals surface area contributed by atoms with Gasteiger partial charge in [0.1, 0.15) is 5.75 Å². The highest BCUT2D eigenvalue weighted by Gasteiger charge is 2.31.